The molecular weight excluding hydrogens is 442 g/mol. The van der Waals surface area contributed by atoms with Crippen molar-refractivity contribution in [2.45, 2.75) is 57.8 Å². The van der Waals surface area contributed by atoms with Crippen molar-refractivity contribution in [3.63, 3.8) is 0 Å². The van der Waals surface area contributed by atoms with Gasteiger partial charge in [0, 0.05) is 27.3 Å². The van der Waals surface area contributed by atoms with Gasteiger partial charge in [0.05, 0.1) is 12.2 Å². The van der Waals surface area contributed by atoms with E-state index in [4.69, 9.17) is 9.47 Å². The predicted molar refractivity (Wildman–Crippen MR) is 138 cm³/mol. The summed E-state index contributed by atoms with van der Waals surface area (Å²) in [6.07, 6.45) is 4.04. The smallest absolute Gasteiger partial charge is 0.220 e. The second-order valence-corrected chi connectivity index (χ2v) is 15.8. The maximum absolute atomic E-state index is 11.3. The van der Waals surface area contributed by atoms with Gasteiger partial charge in [-0.25, -0.2) is 4.68 Å². The third-order valence-electron chi connectivity index (χ3n) is 6.03. The van der Waals surface area contributed by atoms with Crippen LogP contribution in [0.25, 0.3) is 11.3 Å². The average molecular weight is 478 g/mol. The minimum absolute atomic E-state index is 0.0512. The number of rotatable bonds is 10. The topological polar surface area (TPSA) is 65.4 Å². The average Bonchev–Trinajstić information content (AvgIpc) is 3.28. The van der Waals surface area contributed by atoms with Crippen LogP contribution in [0.2, 0.25) is 25.7 Å². The molecule has 0 aliphatic carbocycles. The normalized spacial score (nSPS) is 16.3. The van der Waals surface area contributed by atoms with Crippen molar-refractivity contribution in [3.8, 4) is 17.0 Å². The summed E-state index contributed by atoms with van der Waals surface area (Å²) in [5.74, 6) is 0.956. The number of aromatic nitrogens is 2. The number of ether oxygens (including phenoxy) is 2. The quantitative estimate of drug-likeness (QED) is 0.325. The number of carbonyl (C=O) groups excluding carboxylic acids is 1. The maximum Gasteiger partial charge on any atom is 0.220 e. The van der Waals surface area contributed by atoms with Gasteiger partial charge in [-0.2, -0.15) is 5.10 Å². The first-order chi connectivity index (χ1) is 16.4. The van der Waals surface area contributed by atoms with Crippen LogP contribution in [-0.2, 0) is 22.7 Å². The van der Waals surface area contributed by atoms with Crippen molar-refractivity contribution in [1.29, 1.82) is 0 Å². The first-order valence-corrected chi connectivity index (χ1v) is 15.8. The summed E-state index contributed by atoms with van der Waals surface area (Å²) in [6, 6.07) is 20.1. The Morgan fingerprint density at radius 3 is 2.38 bits per heavy atom. The molecule has 2 aromatic carbocycles. The molecule has 7 heteroatoms. The fraction of sp³-hybridized carbons (Fsp3) is 0.407. The molecule has 34 heavy (non-hydrogen) atoms. The van der Waals surface area contributed by atoms with Crippen molar-refractivity contribution in [3.05, 3.63) is 71.9 Å². The van der Waals surface area contributed by atoms with Crippen LogP contribution < -0.4 is 10.1 Å². The Morgan fingerprint density at radius 1 is 1.03 bits per heavy atom. The Labute approximate surface area is 203 Å². The van der Waals surface area contributed by atoms with E-state index in [2.05, 4.69) is 66.5 Å². The van der Waals surface area contributed by atoms with Gasteiger partial charge < -0.3 is 14.8 Å². The van der Waals surface area contributed by atoms with Gasteiger partial charge in [0.1, 0.15) is 18.6 Å². The van der Waals surface area contributed by atoms with E-state index < -0.39 is 8.07 Å². The summed E-state index contributed by atoms with van der Waals surface area (Å²) in [7, 11) is -1.09. The number of carbonyl (C=O) groups is 1. The van der Waals surface area contributed by atoms with E-state index in [0.29, 0.717) is 19.7 Å². The van der Waals surface area contributed by atoms with Crippen LogP contribution >= 0.6 is 0 Å². The van der Waals surface area contributed by atoms with Gasteiger partial charge in [-0.15, -0.1) is 0 Å². The molecule has 0 saturated carbocycles. The van der Waals surface area contributed by atoms with E-state index in [0.717, 1.165) is 42.5 Å². The van der Waals surface area contributed by atoms with Crippen molar-refractivity contribution in [2.75, 3.05) is 13.2 Å². The van der Waals surface area contributed by atoms with Crippen molar-refractivity contribution < 1.29 is 14.3 Å². The molecule has 1 aliphatic heterocycles. The number of benzene rings is 2. The Bertz CT molecular complexity index is 1060. The van der Waals surface area contributed by atoms with Gasteiger partial charge >= 0.3 is 0 Å². The second kappa shape index (κ2) is 11.0. The Morgan fingerprint density at radius 2 is 1.74 bits per heavy atom. The number of hydrogen-bond donors (Lipinski definition) is 1. The van der Waals surface area contributed by atoms with Gasteiger partial charge in [-0.1, -0.05) is 56.0 Å². The molecule has 4 rings (SSSR count). The molecule has 6 nitrogen and oxygen atoms in total. The number of nitrogens with one attached hydrogen (secondary N) is 1. The summed E-state index contributed by atoms with van der Waals surface area (Å²) >= 11 is 0. The predicted octanol–water partition coefficient (Wildman–Crippen LogP) is 5.11. The van der Waals surface area contributed by atoms with Crippen LogP contribution in [0.4, 0.5) is 0 Å². The molecule has 1 aliphatic rings. The highest BCUT2D eigenvalue weighted by Crippen LogP contribution is 2.22. The van der Waals surface area contributed by atoms with Gasteiger partial charge in [-0.3, -0.25) is 4.79 Å². The zero-order valence-electron chi connectivity index (χ0n) is 20.4. The Kier molecular flexibility index (Phi) is 7.85. The fourth-order valence-corrected chi connectivity index (χ4v) is 4.69. The van der Waals surface area contributed by atoms with Gasteiger partial charge in [0.25, 0.3) is 0 Å². The third-order valence-corrected chi connectivity index (χ3v) is 7.73. The minimum atomic E-state index is -1.09. The van der Waals surface area contributed by atoms with Gasteiger partial charge in [-0.05, 0) is 53.8 Å². The Hall–Kier alpha value is -2.90. The van der Waals surface area contributed by atoms with E-state index in [1.54, 1.807) is 0 Å². The summed E-state index contributed by atoms with van der Waals surface area (Å²) in [5.41, 5.74) is 4.70. The molecule has 0 bridgehead atoms. The van der Waals surface area contributed by atoms with E-state index in [1.807, 2.05) is 29.1 Å². The highest BCUT2D eigenvalue weighted by molar-refractivity contribution is 6.76. The van der Waals surface area contributed by atoms with Crippen LogP contribution in [0.15, 0.2) is 60.8 Å². The SMILES string of the molecule is C[Si](C)(C)CCOCn1nccc1-c1ccc(Cc2ccc(O[C@@H]3CCC(=O)NC3)cc2)cc1. The zero-order chi connectivity index (χ0) is 24.0. The lowest BCUT2D eigenvalue weighted by Gasteiger charge is -2.23. The van der Waals surface area contributed by atoms with Gasteiger partial charge in [0.2, 0.25) is 5.91 Å². The molecular formula is C27H35N3O3Si. The fourth-order valence-electron chi connectivity index (χ4n) is 3.93. The van der Waals surface area contributed by atoms with Crippen LogP contribution in [0.5, 0.6) is 5.75 Å². The van der Waals surface area contributed by atoms with Crippen LogP contribution in [0.1, 0.15) is 24.0 Å². The number of amides is 1. The lowest BCUT2D eigenvalue weighted by molar-refractivity contribution is -0.123. The zero-order valence-corrected chi connectivity index (χ0v) is 21.4. The maximum atomic E-state index is 11.3. The highest BCUT2D eigenvalue weighted by Gasteiger charge is 2.19. The minimum Gasteiger partial charge on any atom is -0.489 e. The molecule has 180 valence electrons. The molecule has 3 aromatic rings. The molecule has 1 atom stereocenters. The second-order valence-electron chi connectivity index (χ2n) is 10.2. The van der Waals surface area contributed by atoms with E-state index in [-0.39, 0.29) is 12.0 Å². The number of piperidine rings is 1. The molecule has 1 N–H and O–H groups in total. The van der Waals surface area contributed by atoms with Crippen LogP contribution in [-0.4, -0.2) is 43.0 Å². The molecule has 2 heterocycles. The van der Waals surface area contributed by atoms with Crippen molar-refractivity contribution in [1.82, 2.24) is 15.1 Å². The largest absolute Gasteiger partial charge is 0.489 e. The van der Waals surface area contributed by atoms with Crippen molar-refractivity contribution >= 4 is 14.0 Å². The van der Waals surface area contributed by atoms with Gasteiger partial charge in [0.15, 0.2) is 0 Å². The number of hydrogen-bond acceptors (Lipinski definition) is 4. The van der Waals surface area contributed by atoms with Crippen LogP contribution in [0.3, 0.4) is 0 Å². The molecule has 0 unspecified atom stereocenters. The molecule has 0 spiro atoms. The van der Waals surface area contributed by atoms with Crippen molar-refractivity contribution in [2.24, 2.45) is 0 Å². The number of nitrogens with zero attached hydrogens (tertiary/aromatic N) is 2. The van der Waals surface area contributed by atoms with E-state index in [1.165, 1.54) is 11.1 Å². The summed E-state index contributed by atoms with van der Waals surface area (Å²) < 4.78 is 13.8. The standard InChI is InChI=1S/C27H35N3O3Si/c1-34(2,3)17-16-32-20-30-26(14-15-29-30)23-8-4-21(5-9-23)18-22-6-10-24(11-7-22)33-25-12-13-27(31)28-19-25/h4-11,14-15,25H,12-13,16-20H2,1-3H3,(H,28,31)/t25-/m1/s1. The van der Waals surface area contributed by atoms with E-state index >= 15 is 0 Å². The highest BCUT2D eigenvalue weighted by atomic mass is 28.3. The lowest BCUT2D eigenvalue weighted by Crippen LogP contribution is -2.40. The third kappa shape index (κ3) is 7.05. The molecule has 1 aromatic heterocycles. The molecule has 1 amide bonds. The molecule has 1 fully saturated rings. The lowest BCUT2D eigenvalue weighted by atomic mass is 10.0. The summed E-state index contributed by atoms with van der Waals surface area (Å²) in [4.78, 5) is 11.3. The summed E-state index contributed by atoms with van der Waals surface area (Å²) in [5, 5.41) is 7.30. The Balaban J connectivity index is 1.30. The monoisotopic (exact) mass is 477 g/mol. The first-order valence-electron chi connectivity index (χ1n) is 12.1. The summed E-state index contributed by atoms with van der Waals surface area (Å²) in [6.45, 7) is 8.93. The molecule has 0 radical (unpaired) electrons. The molecule has 1 saturated heterocycles. The van der Waals surface area contributed by atoms with Crippen LogP contribution in [0, 0.1) is 0 Å². The first kappa shape index (κ1) is 24.2. The van der Waals surface area contributed by atoms with E-state index in [9.17, 15) is 4.79 Å².